The zero-order valence-electron chi connectivity index (χ0n) is 12.8. The Balaban J connectivity index is 2.10. The molecule has 0 aliphatic rings. The quantitative estimate of drug-likeness (QED) is 0.658. The van der Waals surface area contributed by atoms with Gasteiger partial charge in [0.25, 0.3) is 0 Å². The lowest BCUT2D eigenvalue weighted by molar-refractivity contribution is 0.601. The van der Waals surface area contributed by atoms with Gasteiger partial charge in [-0.2, -0.15) is 0 Å². The van der Waals surface area contributed by atoms with Gasteiger partial charge in [0.05, 0.1) is 10.7 Å². The van der Waals surface area contributed by atoms with Crippen LogP contribution in [0.2, 0.25) is 5.02 Å². The molecule has 0 aliphatic heterocycles. The first kappa shape index (κ1) is 16.0. The highest BCUT2D eigenvalue weighted by Gasteiger charge is 2.12. The molecule has 3 nitrogen and oxygen atoms in total. The smallest absolute Gasteiger partial charge is 0.152 e. The maximum Gasteiger partial charge on any atom is 0.152 e. The van der Waals surface area contributed by atoms with Crippen LogP contribution in [0, 0.1) is 6.92 Å². The van der Waals surface area contributed by atoms with Gasteiger partial charge in [-0.25, -0.2) is 0 Å². The zero-order valence-corrected chi connectivity index (χ0v) is 14.4. The molecule has 0 N–H and O–H groups in total. The molecule has 0 saturated heterocycles. The van der Waals surface area contributed by atoms with Crippen molar-refractivity contribution in [3.63, 3.8) is 0 Å². The van der Waals surface area contributed by atoms with E-state index in [1.165, 1.54) is 0 Å². The molecule has 23 heavy (non-hydrogen) atoms. The van der Waals surface area contributed by atoms with Crippen LogP contribution in [0.5, 0.6) is 0 Å². The van der Waals surface area contributed by atoms with Crippen LogP contribution in [-0.2, 0) is 11.2 Å². The van der Waals surface area contributed by atoms with Crippen LogP contribution in [0.25, 0.3) is 22.4 Å². The first-order chi connectivity index (χ1) is 11.0. The normalized spacial score (nSPS) is 12.2. The van der Waals surface area contributed by atoms with Gasteiger partial charge in [-0.05, 0) is 66.1 Å². The van der Waals surface area contributed by atoms with Crippen LogP contribution < -0.4 is 0 Å². The van der Waals surface area contributed by atoms with E-state index in [1.807, 2.05) is 55.6 Å². The standard InChI is InChI=1S/C18H15ClN2OS/c1-12-3-4-14(10-20-12)18-17(9-15(19)11-21-18)13-5-7-16(8-6-13)23(2)22/h3-11H,1-2H3/t23-/m0/s1. The minimum atomic E-state index is -0.994. The Kier molecular flexibility index (Phi) is 4.66. The number of halogens is 1. The molecule has 0 radical (unpaired) electrons. The van der Waals surface area contributed by atoms with E-state index in [0.717, 1.165) is 33.0 Å². The SMILES string of the molecule is Cc1ccc(-c2ncc(Cl)cc2-c2ccc([S@+](C)[O-])cc2)cn1. The monoisotopic (exact) mass is 342 g/mol. The molecule has 116 valence electrons. The highest BCUT2D eigenvalue weighted by Crippen LogP contribution is 2.32. The van der Waals surface area contributed by atoms with Gasteiger partial charge in [0.2, 0.25) is 0 Å². The maximum absolute atomic E-state index is 11.5. The molecule has 2 aromatic heterocycles. The Morgan fingerprint density at radius 2 is 1.65 bits per heavy atom. The van der Waals surface area contributed by atoms with E-state index >= 15 is 0 Å². The number of benzene rings is 1. The highest BCUT2D eigenvalue weighted by atomic mass is 35.5. The second kappa shape index (κ2) is 6.71. The zero-order chi connectivity index (χ0) is 16.4. The minimum absolute atomic E-state index is 0.576. The van der Waals surface area contributed by atoms with Crippen molar-refractivity contribution >= 4 is 22.8 Å². The Morgan fingerprint density at radius 3 is 2.26 bits per heavy atom. The average molecular weight is 343 g/mol. The van der Waals surface area contributed by atoms with Crippen LogP contribution in [0.15, 0.2) is 59.8 Å². The molecular weight excluding hydrogens is 328 g/mol. The van der Waals surface area contributed by atoms with E-state index in [1.54, 1.807) is 12.5 Å². The summed E-state index contributed by atoms with van der Waals surface area (Å²) in [6, 6.07) is 13.5. The van der Waals surface area contributed by atoms with Crippen molar-refractivity contribution in [1.29, 1.82) is 0 Å². The second-order valence-corrected chi connectivity index (χ2v) is 7.03. The van der Waals surface area contributed by atoms with Crippen LogP contribution >= 0.6 is 11.6 Å². The van der Waals surface area contributed by atoms with Crippen molar-refractivity contribution in [3.8, 4) is 22.4 Å². The summed E-state index contributed by atoms with van der Waals surface area (Å²) in [5, 5.41) is 0.576. The van der Waals surface area contributed by atoms with Gasteiger partial charge in [-0.15, -0.1) is 0 Å². The Labute approximate surface area is 143 Å². The number of hydrogen-bond donors (Lipinski definition) is 0. The van der Waals surface area contributed by atoms with Gasteiger partial charge < -0.3 is 4.55 Å². The summed E-state index contributed by atoms with van der Waals surface area (Å²) < 4.78 is 11.5. The summed E-state index contributed by atoms with van der Waals surface area (Å²) in [6.07, 6.45) is 5.11. The van der Waals surface area contributed by atoms with Gasteiger partial charge in [-0.1, -0.05) is 11.6 Å². The first-order valence-electron chi connectivity index (χ1n) is 7.07. The van der Waals surface area contributed by atoms with Crippen LogP contribution in [0.1, 0.15) is 5.69 Å². The fourth-order valence-corrected chi connectivity index (χ4v) is 3.00. The van der Waals surface area contributed by atoms with Crippen LogP contribution in [-0.4, -0.2) is 20.8 Å². The van der Waals surface area contributed by atoms with E-state index in [9.17, 15) is 4.55 Å². The number of pyridine rings is 2. The molecule has 5 heteroatoms. The van der Waals surface area contributed by atoms with Gasteiger partial charge >= 0.3 is 0 Å². The maximum atomic E-state index is 11.5. The van der Waals surface area contributed by atoms with Crippen molar-refractivity contribution in [3.05, 3.63) is 65.6 Å². The molecule has 1 aromatic carbocycles. The number of nitrogens with zero attached hydrogens (tertiary/aromatic N) is 2. The summed E-state index contributed by atoms with van der Waals surface area (Å²) in [5.41, 5.74) is 4.62. The summed E-state index contributed by atoms with van der Waals surface area (Å²) in [5.74, 6) is 0. The molecule has 0 spiro atoms. The van der Waals surface area contributed by atoms with Crippen molar-refractivity contribution < 1.29 is 4.55 Å². The molecule has 0 fully saturated rings. The number of aryl methyl sites for hydroxylation is 1. The third kappa shape index (κ3) is 3.55. The minimum Gasteiger partial charge on any atom is -0.612 e. The Morgan fingerprint density at radius 1 is 0.957 bits per heavy atom. The molecule has 0 saturated carbocycles. The Hall–Kier alpha value is -1.88. The van der Waals surface area contributed by atoms with E-state index in [-0.39, 0.29) is 0 Å². The lowest BCUT2D eigenvalue weighted by Gasteiger charge is -2.11. The fourth-order valence-electron chi connectivity index (χ4n) is 2.32. The van der Waals surface area contributed by atoms with Gasteiger partial charge in [0.15, 0.2) is 4.90 Å². The number of rotatable bonds is 3. The van der Waals surface area contributed by atoms with Crippen molar-refractivity contribution in [2.75, 3.05) is 6.26 Å². The molecule has 1 atom stereocenters. The lowest BCUT2D eigenvalue weighted by Crippen LogP contribution is -1.97. The molecule has 3 aromatic rings. The number of aromatic nitrogens is 2. The highest BCUT2D eigenvalue weighted by molar-refractivity contribution is 7.90. The van der Waals surface area contributed by atoms with Crippen LogP contribution in [0.3, 0.4) is 0 Å². The predicted molar refractivity (Wildman–Crippen MR) is 95.0 cm³/mol. The number of hydrogen-bond acceptors (Lipinski definition) is 3. The van der Waals surface area contributed by atoms with Crippen molar-refractivity contribution in [2.24, 2.45) is 0 Å². The summed E-state index contributed by atoms with van der Waals surface area (Å²) >= 11 is 5.14. The van der Waals surface area contributed by atoms with E-state index < -0.39 is 11.2 Å². The van der Waals surface area contributed by atoms with E-state index in [4.69, 9.17) is 11.6 Å². The van der Waals surface area contributed by atoms with Gasteiger partial charge in [-0.3, -0.25) is 9.97 Å². The molecule has 0 unspecified atom stereocenters. The molecule has 3 rings (SSSR count). The van der Waals surface area contributed by atoms with E-state index in [0.29, 0.717) is 5.02 Å². The Bertz CT molecular complexity index is 817. The summed E-state index contributed by atoms with van der Waals surface area (Å²) in [7, 11) is 0. The topological polar surface area (TPSA) is 48.8 Å². The molecule has 0 bridgehead atoms. The van der Waals surface area contributed by atoms with Gasteiger partial charge in [0.1, 0.15) is 6.26 Å². The third-order valence-corrected chi connectivity index (χ3v) is 4.68. The lowest BCUT2D eigenvalue weighted by atomic mass is 10.0. The fraction of sp³-hybridized carbons (Fsp3) is 0.111. The largest absolute Gasteiger partial charge is 0.612 e. The van der Waals surface area contributed by atoms with E-state index in [2.05, 4.69) is 9.97 Å². The van der Waals surface area contributed by atoms with Gasteiger partial charge in [0, 0.05) is 29.2 Å². The molecule has 0 amide bonds. The van der Waals surface area contributed by atoms with Crippen LogP contribution in [0.4, 0.5) is 0 Å². The predicted octanol–water partition coefficient (Wildman–Crippen LogP) is 4.51. The molecule has 0 aliphatic carbocycles. The third-order valence-electron chi connectivity index (χ3n) is 3.54. The second-order valence-electron chi connectivity index (χ2n) is 5.22. The van der Waals surface area contributed by atoms with Crippen molar-refractivity contribution in [2.45, 2.75) is 11.8 Å². The molecular formula is C18H15ClN2OS. The molecule has 2 heterocycles. The van der Waals surface area contributed by atoms with Crippen molar-refractivity contribution in [1.82, 2.24) is 9.97 Å². The summed E-state index contributed by atoms with van der Waals surface area (Å²) in [6.45, 7) is 1.95. The average Bonchev–Trinajstić information content (AvgIpc) is 2.56. The first-order valence-corrected chi connectivity index (χ1v) is 9.00. The summed E-state index contributed by atoms with van der Waals surface area (Å²) in [4.78, 5) is 9.61.